The predicted molar refractivity (Wildman–Crippen MR) is 51.4 cm³/mol. The Hall–Kier alpha value is -0.620. The lowest BCUT2D eigenvalue weighted by Gasteiger charge is -2.24. The molecule has 0 saturated carbocycles. The lowest BCUT2D eigenvalue weighted by atomic mass is 10.2. The van der Waals surface area contributed by atoms with Gasteiger partial charge in [0.15, 0.2) is 0 Å². The van der Waals surface area contributed by atoms with Gasteiger partial charge < -0.3 is 5.11 Å². The fourth-order valence-corrected chi connectivity index (χ4v) is 3.35. The number of aliphatic carboxylic acids is 1. The van der Waals surface area contributed by atoms with E-state index in [0.717, 1.165) is 4.31 Å². The number of carboxylic acid groups (broad SMARTS) is 1. The molecule has 0 unspecified atom stereocenters. The summed E-state index contributed by atoms with van der Waals surface area (Å²) >= 11 is 0. The van der Waals surface area contributed by atoms with E-state index in [9.17, 15) is 13.2 Å². The Balaban J connectivity index is 2.99. The maximum atomic E-state index is 11.6. The highest BCUT2D eigenvalue weighted by atomic mass is 32.2. The molecule has 1 saturated heterocycles. The van der Waals surface area contributed by atoms with Gasteiger partial charge in [-0.3, -0.25) is 4.79 Å². The summed E-state index contributed by atoms with van der Waals surface area (Å²) in [6.45, 7) is 3.27. The molecular weight excluding hydrogens is 206 g/mol. The zero-order chi connectivity index (χ0) is 10.9. The summed E-state index contributed by atoms with van der Waals surface area (Å²) in [5.41, 5.74) is 0. The molecule has 0 radical (unpaired) electrons. The van der Waals surface area contributed by atoms with Crippen molar-refractivity contribution >= 4 is 16.0 Å². The normalized spacial score (nSPS) is 29.3. The van der Waals surface area contributed by atoms with Gasteiger partial charge in [-0.2, -0.15) is 4.31 Å². The van der Waals surface area contributed by atoms with Crippen molar-refractivity contribution in [2.45, 2.75) is 38.8 Å². The molecule has 2 atom stereocenters. The van der Waals surface area contributed by atoms with Gasteiger partial charge in [-0.05, 0) is 26.7 Å². The predicted octanol–water partition coefficient (Wildman–Crippen LogP) is 0.274. The van der Waals surface area contributed by atoms with Crippen LogP contribution < -0.4 is 0 Å². The van der Waals surface area contributed by atoms with Crippen LogP contribution in [-0.4, -0.2) is 41.6 Å². The second-order valence-electron chi connectivity index (χ2n) is 3.51. The van der Waals surface area contributed by atoms with Crippen LogP contribution in [0.5, 0.6) is 0 Å². The maximum absolute atomic E-state index is 11.6. The van der Waals surface area contributed by atoms with Gasteiger partial charge >= 0.3 is 5.97 Å². The van der Waals surface area contributed by atoms with Gasteiger partial charge in [-0.15, -0.1) is 0 Å². The highest BCUT2D eigenvalue weighted by Gasteiger charge is 2.42. The zero-order valence-corrected chi connectivity index (χ0v) is 9.12. The lowest BCUT2D eigenvalue weighted by Crippen LogP contribution is -2.44. The molecule has 0 aromatic heterocycles. The first-order valence-corrected chi connectivity index (χ1v) is 6.25. The molecule has 0 aromatic carbocycles. The smallest absolute Gasteiger partial charge is 0.322 e. The van der Waals surface area contributed by atoms with Crippen LogP contribution >= 0.6 is 0 Å². The Morgan fingerprint density at radius 1 is 1.50 bits per heavy atom. The minimum absolute atomic E-state index is 0.0406. The van der Waals surface area contributed by atoms with Crippen LogP contribution in [0, 0.1) is 0 Å². The third-order valence-corrected chi connectivity index (χ3v) is 4.56. The average molecular weight is 221 g/mol. The van der Waals surface area contributed by atoms with E-state index in [-0.39, 0.29) is 11.8 Å². The van der Waals surface area contributed by atoms with E-state index in [4.69, 9.17) is 5.11 Å². The molecule has 1 N–H and O–H groups in total. The maximum Gasteiger partial charge on any atom is 0.322 e. The van der Waals surface area contributed by atoms with Gasteiger partial charge in [0, 0.05) is 6.04 Å². The number of carboxylic acids is 1. The number of rotatable bonds is 3. The van der Waals surface area contributed by atoms with Crippen LogP contribution in [0.3, 0.4) is 0 Å². The van der Waals surface area contributed by atoms with Gasteiger partial charge in [0.2, 0.25) is 10.0 Å². The van der Waals surface area contributed by atoms with Crippen molar-refractivity contribution in [1.82, 2.24) is 4.31 Å². The van der Waals surface area contributed by atoms with Crippen LogP contribution in [0.2, 0.25) is 0 Å². The van der Waals surface area contributed by atoms with E-state index in [0.29, 0.717) is 12.8 Å². The van der Waals surface area contributed by atoms with Crippen LogP contribution in [0.15, 0.2) is 0 Å². The van der Waals surface area contributed by atoms with Crippen molar-refractivity contribution in [3.63, 3.8) is 0 Å². The molecular formula is C8H15NO4S. The van der Waals surface area contributed by atoms with Crippen LogP contribution in [0.25, 0.3) is 0 Å². The van der Waals surface area contributed by atoms with Gasteiger partial charge in [0.25, 0.3) is 0 Å². The van der Waals surface area contributed by atoms with E-state index in [1.165, 1.54) is 6.92 Å². The van der Waals surface area contributed by atoms with E-state index in [2.05, 4.69) is 0 Å². The topological polar surface area (TPSA) is 74.7 Å². The number of sulfonamides is 1. The monoisotopic (exact) mass is 221 g/mol. The molecule has 1 aliphatic heterocycles. The summed E-state index contributed by atoms with van der Waals surface area (Å²) in [4.78, 5) is 10.8. The van der Waals surface area contributed by atoms with Crippen molar-refractivity contribution < 1.29 is 18.3 Å². The van der Waals surface area contributed by atoms with Gasteiger partial charge in [0.05, 0.1) is 5.75 Å². The number of nitrogens with zero attached hydrogens (tertiary/aromatic N) is 1. The lowest BCUT2D eigenvalue weighted by molar-refractivity contribution is -0.140. The minimum Gasteiger partial charge on any atom is -0.480 e. The molecule has 0 aromatic rings. The van der Waals surface area contributed by atoms with Crippen molar-refractivity contribution in [2.24, 2.45) is 0 Å². The first-order valence-electron chi connectivity index (χ1n) is 4.64. The minimum atomic E-state index is -3.39. The van der Waals surface area contributed by atoms with Gasteiger partial charge in [-0.25, -0.2) is 8.42 Å². The fourth-order valence-electron chi connectivity index (χ4n) is 1.81. The van der Waals surface area contributed by atoms with Gasteiger partial charge in [-0.1, -0.05) is 0 Å². The van der Waals surface area contributed by atoms with Crippen LogP contribution in [0.1, 0.15) is 26.7 Å². The standard InChI is InChI=1S/C8H15NO4S/c1-3-14(12,13)9-6(2)4-5-7(9)8(10)11/h6-7H,3-5H2,1-2H3,(H,10,11)/t6-,7-/m0/s1. The number of carbonyl (C=O) groups is 1. The third kappa shape index (κ3) is 1.90. The molecule has 0 aliphatic carbocycles. The summed E-state index contributed by atoms with van der Waals surface area (Å²) in [6.07, 6.45) is 1.03. The molecule has 0 spiro atoms. The number of hydrogen-bond donors (Lipinski definition) is 1. The van der Waals surface area contributed by atoms with Crippen LogP contribution in [-0.2, 0) is 14.8 Å². The molecule has 82 valence electrons. The largest absolute Gasteiger partial charge is 0.480 e. The number of hydrogen-bond acceptors (Lipinski definition) is 3. The Morgan fingerprint density at radius 3 is 2.50 bits per heavy atom. The van der Waals surface area contributed by atoms with Crippen molar-refractivity contribution in [2.75, 3.05) is 5.75 Å². The van der Waals surface area contributed by atoms with E-state index in [1.807, 2.05) is 0 Å². The molecule has 6 heteroatoms. The second-order valence-corrected chi connectivity index (χ2v) is 5.67. The van der Waals surface area contributed by atoms with Gasteiger partial charge in [0.1, 0.15) is 6.04 Å². The Morgan fingerprint density at radius 2 is 2.07 bits per heavy atom. The molecule has 1 rings (SSSR count). The molecule has 1 aliphatic rings. The summed E-state index contributed by atoms with van der Waals surface area (Å²) in [6, 6.07) is -1.06. The SMILES string of the molecule is CCS(=O)(=O)N1[C@@H](C)CC[C@H]1C(=O)O. The highest BCUT2D eigenvalue weighted by molar-refractivity contribution is 7.89. The van der Waals surface area contributed by atoms with Crippen molar-refractivity contribution in [3.05, 3.63) is 0 Å². The Labute approximate surface area is 83.8 Å². The fraction of sp³-hybridized carbons (Fsp3) is 0.875. The highest BCUT2D eigenvalue weighted by Crippen LogP contribution is 2.27. The summed E-state index contributed by atoms with van der Waals surface area (Å²) < 4.78 is 24.3. The Kier molecular flexibility index (Phi) is 3.16. The summed E-state index contributed by atoms with van der Waals surface area (Å²) in [5, 5.41) is 8.85. The third-order valence-electron chi connectivity index (χ3n) is 2.57. The first-order chi connectivity index (χ1) is 6.40. The van der Waals surface area contributed by atoms with E-state index in [1.54, 1.807) is 6.92 Å². The Bertz CT molecular complexity index is 324. The van der Waals surface area contributed by atoms with Crippen molar-refractivity contribution in [1.29, 1.82) is 0 Å². The summed E-state index contributed by atoms with van der Waals surface area (Å²) in [7, 11) is -3.39. The average Bonchev–Trinajstić information content (AvgIpc) is 2.47. The molecule has 14 heavy (non-hydrogen) atoms. The van der Waals surface area contributed by atoms with E-state index >= 15 is 0 Å². The van der Waals surface area contributed by atoms with E-state index < -0.39 is 22.0 Å². The zero-order valence-electron chi connectivity index (χ0n) is 8.30. The molecule has 5 nitrogen and oxygen atoms in total. The molecule has 1 heterocycles. The summed E-state index contributed by atoms with van der Waals surface area (Å²) in [5.74, 6) is -1.09. The van der Waals surface area contributed by atoms with Crippen molar-refractivity contribution in [3.8, 4) is 0 Å². The molecule has 0 bridgehead atoms. The second kappa shape index (κ2) is 3.86. The molecule has 1 fully saturated rings. The first kappa shape index (κ1) is 11.5. The van der Waals surface area contributed by atoms with Crippen LogP contribution in [0.4, 0.5) is 0 Å². The molecule has 0 amide bonds. The quantitative estimate of drug-likeness (QED) is 0.742.